The van der Waals surface area contributed by atoms with Crippen molar-refractivity contribution in [1.82, 2.24) is 9.80 Å². The van der Waals surface area contributed by atoms with Gasteiger partial charge in [0.2, 0.25) is 0 Å². The summed E-state index contributed by atoms with van der Waals surface area (Å²) >= 11 is 6.07. The van der Waals surface area contributed by atoms with Gasteiger partial charge in [-0.3, -0.25) is 9.59 Å². The summed E-state index contributed by atoms with van der Waals surface area (Å²) in [6.07, 6.45) is 0. The average Bonchev–Trinajstić information content (AvgIpc) is 3.13. The summed E-state index contributed by atoms with van der Waals surface area (Å²) in [5.41, 5.74) is 1.86. The van der Waals surface area contributed by atoms with Crippen molar-refractivity contribution in [1.29, 1.82) is 0 Å². The Balaban J connectivity index is 1.47. The van der Waals surface area contributed by atoms with Crippen molar-refractivity contribution in [3.05, 3.63) is 58.3 Å². The number of benzene rings is 2. The van der Waals surface area contributed by atoms with Crippen LogP contribution in [-0.4, -0.2) is 62.0 Å². The molecule has 0 aliphatic carbocycles. The molecule has 3 aromatic rings. The lowest BCUT2D eigenvalue weighted by atomic mass is 10.1. The highest BCUT2D eigenvalue weighted by molar-refractivity contribution is 6.31. The second-order valence-electron chi connectivity index (χ2n) is 7.35. The van der Waals surface area contributed by atoms with E-state index in [0.29, 0.717) is 59.6 Å². The summed E-state index contributed by atoms with van der Waals surface area (Å²) in [6, 6.07) is 10.4. The maximum absolute atomic E-state index is 13.1. The lowest BCUT2D eigenvalue weighted by molar-refractivity contribution is 0.0517. The van der Waals surface area contributed by atoms with Crippen molar-refractivity contribution in [2.24, 2.45) is 0 Å². The van der Waals surface area contributed by atoms with Crippen LogP contribution in [0.5, 0.6) is 11.5 Å². The van der Waals surface area contributed by atoms with E-state index >= 15 is 0 Å². The number of carbonyl (C=O) groups excluding carboxylic acids is 2. The number of nitrogens with zero attached hydrogens (tertiary/aromatic N) is 2. The van der Waals surface area contributed by atoms with Crippen molar-refractivity contribution < 1.29 is 23.5 Å². The van der Waals surface area contributed by atoms with Crippen molar-refractivity contribution in [3.63, 3.8) is 0 Å². The van der Waals surface area contributed by atoms with Gasteiger partial charge in [-0.25, -0.2) is 0 Å². The first-order chi connectivity index (χ1) is 14.9. The van der Waals surface area contributed by atoms with Crippen LogP contribution in [0, 0.1) is 6.92 Å². The van der Waals surface area contributed by atoms with Crippen molar-refractivity contribution in [2.45, 2.75) is 6.92 Å². The Kier molecular flexibility index (Phi) is 5.78. The summed E-state index contributed by atoms with van der Waals surface area (Å²) in [6.45, 7) is 3.53. The van der Waals surface area contributed by atoms with Crippen LogP contribution in [0.15, 0.2) is 40.8 Å². The Morgan fingerprint density at radius 3 is 2.26 bits per heavy atom. The Morgan fingerprint density at radius 1 is 0.935 bits per heavy atom. The average molecular weight is 443 g/mol. The van der Waals surface area contributed by atoms with Crippen LogP contribution < -0.4 is 9.47 Å². The predicted molar refractivity (Wildman–Crippen MR) is 117 cm³/mol. The molecule has 0 bridgehead atoms. The summed E-state index contributed by atoms with van der Waals surface area (Å²) in [5.74, 6) is 1.07. The molecular weight excluding hydrogens is 420 g/mol. The van der Waals surface area contributed by atoms with Gasteiger partial charge in [0.05, 0.1) is 19.8 Å². The third-order valence-electron chi connectivity index (χ3n) is 5.59. The molecule has 1 saturated heterocycles. The molecule has 0 unspecified atom stereocenters. The second kappa shape index (κ2) is 8.51. The van der Waals surface area contributed by atoms with E-state index in [1.165, 1.54) is 7.11 Å². The van der Waals surface area contributed by atoms with E-state index in [-0.39, 0.29) is 11.8 Å². The van der Waals surface area contributed by atoms with Crippen molar-refractivity contribution in [2.75, 3.05) is 40.4 Å². The lowest BCUT2D eigenvalue weighted by Gasteiger charge is -2.34. The first-order valence-corrected chi connectivity index (χ1v) is 10.3. The van der Waals surface area contributed by atoms with Gasteiger partial charge in [0.15, 0.2) is 5.76 Å². The van der Waals surface area contributed by atoms with Crippen LogP contribution in [0.2, 0.25) is 5.02 Å². The van der Waals surface area contributed by atoms with Gasteiger partial charge >= 0.3 is 0 Å². The molecule has 0 N–H and O–H groups in total. The van der Waals surface area contributed by atoms with Crippen LogP contribution in [-0.2, 0) is 0 Å². The Morgan fingerprint density at radius 2 is 1.61 bits per heavy atom. The summed E-state index contributed by atoms with van der Waals surface area (Å²) in [5, 5.41) is 1.42. The number of fused-ring (bicyclic) bond motifs is 1. The minimum atomic E-state index is -0.182. The van der Waals surface area contributed by atoms with E-state index in [2.05, 4.69) is 0 Å². The molecule has 0 atom stereocenters. The Hall–Kier alpha value is -3.19. The molecule has 2 heterocycles. The lowest BCUT2D eigenvalue weighted by Crippen LogP contribution is -2.50. The third kappa shape index (κ3) is 3.93. The van der Waals surface area contributed by atoms with E-state index in [1.807, 2.05) is 6.92 Å². The van der Waals surface area contributed by atoms with E-state index in [0.717, 1.165) is 10.9 Å². The molecule has 0 saturated carbocycles. The fourth-order valence-electron chi connectivity index (χ4n) is 3.80. The first-order valence-electron chi connectivity index (χ1n) is 9.92. The molecule has 31 heavy (non-hydrogen) atoms. The zero-order valence-corrected chi connectivity index (χ0v) is 18.4. The van der Waals surface area contributed by atoms with Gasteiger partial charge in [0, 0.05) is 48.2 Å². The van der Waals surface area contributed by atoms with Crippen LogP contribution in [0.1, 0.15) is 26.5 Å². The molecule has 1 aliphatic heterocycles. The maximum atomic E-state index is 13.1. The Labute approximate surface area is 185 Å². The first kappa shape index (κ1) is 21.1. The number of hydrogen-bond donors (Lipinski definition) is 0. The van der Waals surface area contributed by atoms with E-state index < -0.39 is 0 Å². The molecular formula is C23H23ClN2O5. The highest BCUT2D eigenvalue weighted by Crippen LogP contribution is 2.29. The highest BCUT2D eigenvalue weighted by atomic mass is 35.5. The molecule has 2 aromatic carbocycles. The molecule has 4 rings (SSSR count). The normalized spacial score (nSPS) is 14.1. The molecule has 2 amide bonds. The third-order valence-corrected chi connectivity index (χ3v) is 5.82. The molecule has 7 nitrogen and oxygen atoms in total. The minimum absolute atomic E-state index is 0.138. The zero-order chi connectivity index (χ0) is 22.1. The zero-order valence-electron chi connectivity index (χ0n) is 17.6. The minimum Gasteiger partial charge on any atom is -0.497 e. The topological polar surface area (TPSA) is 72.2 Å². The molecule has 0 spiro atoms. The van der Waals surface area contributed by atoms with Crippen LogP contribution in [0.25, 0.3) is 11.0 Å². The standard InChI is InChI=1S/C23H23ClN2O5/c1-14-18-12-15(24)4-7-19(18)31-21(14)23(28)26-10-8-25(9-11-26)22(27)17-6-5-16(29-2)13-20(17)30-3/h4-7,12-13H,8-11H2,1-3H3. The molecule has 1 fully saturated rings. The number of methoxy groups -OCH3 is 2. The number of amides is 2. The monoisotopic (exact) mass is 442 g/mol. The van der Waals surface area contributed by atoms with E-state index in [4.69, 9.17) is 25.5 Å². The molecule has 0 radical (unpaired) electrons. The molecule has 1 aliphatic rings. The summed E-state index contributed by atoms with van der Waals surface area (Å²) < 4.78 is 16.4. The van der Waals surface area contributed by atoms with Gasteiger partial charge in [-0.2, -0.15) is 0 Å². The van der Waals surface area contributed by atoms with E-state index in [9.17, 15) is 9.59 Å². The number of furan rings is 1. The number of ether oxygens (including phenoxy) is 2. The number of rotatable bonds is 4. The van der Waals surface area contributed by atoms with Crippen LogP contribution in [0.3, 0.4) is 0 Å². The number of hydrogen-bond acceptors (Lipinski definition) is 5. The van der Waals surface area contributed by atoms with Crippen LogP contribution >= 0.6 is 11.6 Å². The maximum Gasteiger partial charge on any atom is 0.290 e. The largest absolute Gasteiger partial charge is 0.497 e. The Bertz CT molecular complexity index is 1150. The number of piperazine rings is 1. The fourth-order valence-corrected chi connectivity index (χ4v) is 3.97. The number of aryl methyl sites for hydroxylation is 1. The molecule has 162 valence electrons. The van der Waals surface area contributed by atoms with Crippen LogP contribution in [0.4, 0.5) is 0 Å². The number of carbonyl (C=O) groups is 2. The summed E-state index contributed by atoms with van der Waals surface area (Å²) in [4.78, 5) is 29.5. The summed E-state index contributed by atoms with van der Waals surface area (Å²) in [7, 11) is 3.08. The van der Waals surface area contributed by atoms with Gasteiger partial charge in [0.25, 0.3) is 11.8 Å². The van der Waals surface area contributed by atoms with Gasteiger partial charge in [-0.15, -0.1) is 0 Å². The second-order valence-corrected chi connectivity index (χ2v) is 7.78. The SMILES string of the molecule is COc1ccc(C(=O)N2CCN(C(=O)c3oc4ccc(Cl)cc4c3C)CC2)c(OC)c1. The van der Waals surface area contributed by atoms with Gasteiger partial charge in [-0.1, -0.05) is 11.6 Å². The predicted octanol–water partition coefficient (Wildman–Crippen LogP) is 4.01. The highest BCUT2D eigenvalue weighted by Gasteiger charge is 2.29. The molecule has 8 heteroatoms. The molecule has 1 aromatic heterocycles. The van der Waals surface area contributed by atoms with Gasteiger partial charge < -0.3 is 23.7 Å². The number of halogens is 1. The van der Waals surface area contributed by atoms with Gasteiger partial charge in [-0.05, 0) is 37.3 Å². The fraction of sp³-hybridized carbons (Fsp3) is 0.304. The van der Waals surface area contributed by atoms with Crippen molar-refractivity contribution in [3.8, 4) is 11.5 Å². The van der Waals surface area contributed by atoms with Gasteiger partial charge in [0.1, 0.15) is 17.1 Å². The van der Waals surface area contributed by atoms with Crippen molar-refractivity contribution >= 4 is 34.4 Å². The smallest absolute Gasteiger partial charge is 0.290 e. The van der Waals surface area contributed by atoms with E-state index in [1.54, 1.807) is 53.3 Å². The quantitative estimate of drug-likeness (QED) is 0.610.